The maximum Gasteiger partial charge on any atom is 0.135 e. The van der Waals surface area contributed by atoms with E-state index in [0.717, 1.165) is 22.3 Å². The average Bonchev–Trinajstić information content (AvgIpc) is 3.57. The Morgan fingerprint density at radius 1 is 0.349 bits per heavy atom. The van der Waals surface area contributed by atoms with E-state index < -0.39 is 12.1 Å². The van der Waals surface area contributed by atoms with Gasteiger partial charge in [-0.25, -0.2) is 0 Å². The van der Waals surface area contributed by atoms with Crippen LogP contribution in [0.15, 0.2) is 162 Å². The number of para-hydroxylation sites is 1. The molecule has 0 N–H and O–H groups in total. The number of fused-ring (bicyclic) bond motifs is 9. The minimum atomic E-state index is -0.451. The topological polar surface area (TPSA) is 13.1 Å². The smallest absolute Gasteiger partial charge is 0.135 e. The second kappa shape index (κ2) is 9.44. The molecule has 0 unspecified atom stereocenters. The third-order valence-corrected chi connectivity index (χ3v) is 8.33. The van der Waals surface area contributed by atoms with Crippen LogP contribution in [0, 0.1) is 0 Å². The predicted molar refractivity (Wildman–Crippen MR) is 183 cm³/mol. The highest BCUT2D eigenvalue weighted by molar-refractivity contribution is 6.25. The zero-order chi connectivity index (χ0) is 34.4. The average molecular weight is 554 g/mol. The SMILES string of the molecule is [2H]c1c([2H])c([2H])c2c(oc3c([2H])c([2H])c(-c4cccc(-c5ccc(-c6ccc7c8ccccc8c8ccccc8c7c6)cc5)c4)c([2H])c32)c1[2H]. The van der Waals surface area contributed by atoms with E-state index in [1.165, 1.54) is 32.3 Å². The fourth-order valence-corrected chi connectivity index (χ4v) is 6.24. The van der Waals surface area contributed by atoms with Crippen LogP contribution in [0.4, 0.5) is 0 Å². The Labute approximate surface area is 259 Å². The van der Waals surface area contributed by atoms with Gasteiger partial charge in [-0.3, -0.25) is 0 Å². The molecular formula is C42H26O. The van der Waals surface area contributed by atoms with Crippen molar-refractivity contribution in [1.82, 2.24) is 0 Å². The maximum atomic E-state index is 9.14. The fraction of sp³-hybridized carbons (Fsp3) is 0. The van der Waals surface area contributed by atoms with Gasteiger partial charge >= 0.3 is 0 Å². The van der Waals surface area contributed by atoms with Gasteiger partial charge in [0.05, 0.1) is 9.60 Å². The van der Waals surface area contributed by atoms with E-state index in [2.05, 4.69) is 91.0 Å². The van der Waals surface area contributed by atoms with Gasteiger partial charge in [-0.05, 0) is 96.0 Å². The van der Waals surface area contributed by atoms with Crippen molar-refractivity contribution in [2.75, 3.05) is 0 Å². The largest absolute Gasteiger partial charge is 0.456 e. The molecular weight excluding hydrogens is 520 g/mol. The van der Waals surface area contributed by atoms with E-state index in [-0.39, 0.29) is 57.7 Å². The first-order valence-corrected chi connectivity index (χ1v) is 14.2. The third kappa shape index (κ3) is 3.86. The first-order valence-electron chi connectivity index (χ1n) is 17.7. The molecule has 0 aliphatic heterocycles. The summed E-state index contributed by atoms with van der Waals surface area (Å²) in [4.78, 5) is 0. The van der Waals surface area contributed by atoms with Crippen LogP contribution in [0.3, 0.4) is 0 Å². The zero-order valence-corrected chi connectivity index (χ0v) is 22.9. The van der Waals surface area contributed by atoms with Crippen LogP contribution in [0.2, 0.25) is 0 Å². The summed E-state index contributed by atoms with van der Waals surface area (Å²) in [5, 5.41) is 7.51. The van der Waals surface area contributed by atoms with Crippen LogP contribution in [-0.4, -0.2) is 0 Å². The lowest BCUT2D eigenvalue weighted by Crippen LogP contribution is -1.85. The van der Waals surface area contributed by atoms with E-state index in [4.69, 9.17) is 14.0 Å². The van der Waals surface area contributed by atoms with Gasteiger partial charge in [0.1, 0.15) is 11.2 Å². The van der Waals surface area contributed by atoms with Crippen molar-refractivity contribution in [2.24, 2.45) is 0 Å². The van der Waals surface area contributed by atoms with Crippen LogP contribution < -0.4 is 0 Å². The summed E-state index contributed by atoms with van der Waals surface area (Å²) >= 11 is 0. The number of hydrogen-bond donors (Lipinski definition) is 0. The van der Waals surface area contributed by atoms with Crippen LogP contribution >= 0.6 is 0 Å². The summed E-state index contributed by atoms with van der Waals surface area (Å²) in [5.41, 5.74) is 4.55. The van der Waals surface area contributed by atoms with Crippen LogP contribution in [-0.2, 0) is 0 Å². The molecule has 0 bridgehead atoms. The lowest BCUT2D eigenvalue weighted by Gasteiger charge is -2.12. The minimum Gasteiger partial charge on any atom is -0.456 e. The van der Waals surface area contributed by atoms with Gasteiger partial charge in [0.2, 0.25) is 0 Å². The summed E-state index contributed by atoms with van der Waals surface area (Å²) in [5.74, 6) is 0. The Morgan fingerprint density at radius 2 is 0.884 bits per heavy atom. The molecule has 1 nitrogen and oxygen atoms in total. The van der Waals surface area contributed by atoms with Crippen molar-refractivity contribution < 1.29 is 14.0 Å². The quantitative estimate of drug-likeness (QED) is 0.198. The molecule has 9 rings (SSSR count). The fourth-order valence-electron chi connectivity index (χ4n) is 6.24. The van der Waals surface area contributed by atoms with E-state index in [1.807, 2.05) is 18.2 Å². The summed E-state index contributed by atoms with van der Waals surface area (Å²) in [6, 6.07) is 37.3. The second-order valence-corrected chi connectivity index (χ2v) is 10.8. The van der Waals surface area contributed by atoms with Gasteiger partial charge in [-0.15, -0.1) is 0 Å². The molecule has 0 fully saturated rings. The molecule has 200 valence electrons. The number of benzene rings is 8. The Bertz CT molecular complexity index is 2860. The molecule has 0 spiro atoms. The lowest BCUT2D eigenvalue weighted by atomic mass is 9.91. The summed E-state index contributed by atoms with van der Waals surface area (Å²) in [6.07, 6.45) is 0. The van der Waals surface area contributed by atoms with Gasteiger partial charge in [-0.1, -0.05) is 127 Å². The monoisotopic (exact) mass is 553 g/mol. The molecule has 0 atom stereocenters. The molecule has 8 aromatic carbocycles. The Kier molecular flexibility index (Phi) is 3.95. The normalized spacial score (nSPS) is 14.0. The number of rotatable bonds is 3. The molecule has 1 heterocycles. The van der Waals surface area contributed by atoms with Crippen molar-refractivity contribution in [2.45, 2.75) is 0 Å². The van der Waals surface area contributed by atoms with E-state index >= 15 is 0 Å². The predicted octanol–water partition coefficient (Wildman–Crippen LogP) is 12.0. The highest BCUT2D eigenvalue weighted by atomic mass is 16.3. The van der Waals surface area contributed by atoms with Crippen LogP contribution in [0.5, 0.6) is 0 Å². The van der Waals surface area contributed by atoms with Crippen molar-refractivity contribution >= 4 is 54.3 Å². The maximum absolute atomic E-state index is 9.14. The van der Waals surface area contributed by atoms with Crippen molar-refractivity contribution in [3.8, 4) is 33.4 Å². The number of hydrogen-bond acceptors (Lipinski definition) is 1. The first kappa shape index (κ1) is 18.0. The van der Waals surface area contributed by atoms with Gasteiger partial charge in [0, 0.05) is 10.8 Å². The van der Waals surface area contributed by atoms with Crippen LogP contribution in [0.1, 0.15) is 9.60 Å². The van der Waals surface area contributed by atoms with Gasteiger partial charge in [-0.2, -0.15) is 0 Å². The molecule has 0 aliphatic rings. The molecule has 1 aromatic heterocycles. The summed E-state index contributed by atoms with van der Waals surface area (Å²) < 4.78 is 65.5. The highest BCUT2D eigenvalue weighted by Gasteiger charge is 2.11. The molecule has 0 radical (unpaired) electrons. The van der Waals surface area contributed by atoms with Gasteiger partial charge in [0.15, 0.2) is 0 Å². The molecule has 0 saturated carbocycles. The standard InChI is InChI=1S/C42H26O/c1-2-12-35-33(10-1)34-11-3-4-13-36(34)39-25-31(20-22-37(35)39)28-18-16-27(17-19-28)29-8-7-9-30(24-29)32-21-23-42-40(26-32)38-14-5-6-15-41(38)43-42/h1-26H/i5D,6D,14D,15D,21D,23D,26D. The van der Waals surface area contributed by atoms with E-state index in [9.17, 15) is 0 Å². The zero-order valence-electron chi connectivity index (χ0n) is 29.9. The lowest BCUT2D eigenvalue weighted by molar-refractivity contribution is 0.669. The Hall–Kier alpha value is -5.66. The third-order valence-electron chi connectivity index (χ3n) is 8.33. The van der Waals surface area contributed by atoms with Crippen molar-refractivity contribution in [3.05, 3.63) is 158 Å². The molecule has 0 saturated heterocycles. The van der Waals surface area contributed by atoms with Crippen molar-refractivity contribution in [1.29, 1.82) is 0 Å². The summed E-state index contributed by atoms with van der Waals surface area (Å²) in [7, 11) is 0. The van der Waals surface area contributed by atoms with E-state index in [0.29, 0.717) is 5.56 Å². The van der Waals surface area contributed by atoms with Gasteiger partial charge in [0.25, 0.3) is 0 Å². The second-order valence-electron chi connectivity index (χ2n) is 10.8. The highest BCUT2D eigenvalue weighted by Crippen LogP contribution is 2.38. The van der Waals surface area contributed by atoms with Gasteiger partial charge < -0.3 is 4.42 Å². The Morgan fingerprint density at radius 3 is 1.58 bits per heavy atom. The minimum absolute atomic E-state index is 0.0485. The molecule has 1 heteroatoms. The summed E-state index contributed by atoms with van der Waals surface area (Å²) in [6.45, 7) is 0. The molecule has 9 aromatic rings. The molecule has 0 aliphatic carbocycles. The molecule has 0 amide bonds. The number of furan rings is 1. The van der Waals surface area contributed by atoms with Crippen molar-refractivity contribution in [3.63, 3.8) is 0 Å². The first-order chi connectivity index (χ1) is 24.2. The van der Waals surface area contributed by atoms with Crippen LogP contribution in [0.25, 0.3) is 87.6 Å². The Balaban J connectivity index is 1.14. The molecule has 43 heavy (non-hydrogen) atoms. The van der Waals surface area contributed by atoms with E-state index in [1.54, 1.807) is 6.07 Å².